The summed E-state index contributed by atoms with van der Waals surface area (Å²) in [5.41, 5.74) is 6.69. The van der Waals surface area contributed by atoms with Crippen LogP contribution in [0.15, 0.2) is 12.3 Å². The summed E-state index contributed by atoms with van der Waals surface area (Å²) in [4.78, 5) is 3.07. The zero-order chi connectivity index (χ0) is 6.85. The van der Waals surface area contributed by atoms with Crippen molar-refractivity contribution in [2.45, 2.75) is 13.0 Å². The Bertz CT molecular complexity index is 193. The van der Waals surface area contributed by atoms with Crippen LogP contribution < -0.4 is 5.73 Å². The first-order valence-electron chi connectivity index (χ1n) is 2.79. The van der Waals surface area contributed by atoms with Crippen LogP contribution >= 0.6 is 22.6 Å². The predicted octanol–water partition coefficient (Wildman–Crippen LogP) is 1.64. The molecule has 0 aromatic carbocycles. The number of aromatic nitrogens is 1. The number of rotatable bonds is 1. The van der Waals surface area contributed by atoms with Crippen LogP contribution in [0.2, 0.25) is 0 Å². The average molecular weight is 236 g/mol. The molecule has 1 heterocycles. The molecule has 0 bridgehead atoms. The van der Waals surface area contributed by atoms with Crippen LogP contribution in [0.1, 0.15) is 18.7 Å². The molecule has 3 N–H and O–H groups in total. The lowest BCUT2D eigenvalue weighted by Gasteiger charge is -1.97. The minimum absolute atomic E-state index is 0.119. The molecular weight excluding hydrogens is 227 g/mol. The molecule has 1 rings (SSSR count). The fourth-order valence-electron chi connectivity index (χ4n) is 0.647. The Labute approximate surface area is 68.0 Å². The smallest absolute Gasteiger partial charge is 0.0419 e. The van der Waals surface area contributed by atoms with E-state index in [1.807, 2.05) is 19.2 Å². The van der Waals surface area contributed by atoms with Crippen LogP contribution in [0.3, 0.4) is 0 Å². The molecule has 0 aliphatic carbocycles. The molecule has 1 aromatic heterocycles. The molecule has 0 radical (unpaired) electrons. The maximum atomic E-state index is 5.59. The minimum Gasteiger partial charge on any atom is -0.363 e. The number of hydrogen-bond donors (Lipinski definition) is 2. The van der Waals surface area contributed by atoms with Gasteiger partial charge in [0.2, 0.25) is 0 Å². The quantitative estimate of drug-likeness (QED) is 0.715. The van der Waals surface area contributed by atoms with Crippen molar-refractivity contribution in [3.8, 4) is 0 Å². The molecule has 2 nitrogen and oxygen atoms in total. The summed E-state index contributed by atoms with van der Waals surface area (Å²) in [6.45, 7) is 1.96. The third kappa shape index (κ3) is 1.69. The topological polar surface area (TPSA) is 41.8 Å². The first-order chi connectivity index (χ1) is 4.20. The lowest BCUT2D eigenvalue weighted by atomic mass is 10.3. The third-order valence-corrected chi connectivity index (χ3v) is 1.78. The average Bonchev–Trinajstić information content (AvgIpc) is 2.14. The van der Waals surface area contributed by atoms with Crippen molar-refractivity contribution in [2.75, 3.05) is 0 Å². The van der Waals surface area contributed by atoms with Crippen LogP contribution in [0.4, 0.5) is 0 Å². The molecule has 0 saturated heterocycles. The van der Waals surface area contributed by atoms with Crippen LogP contribution in [-0.2, 0) is 0 Å². The molecule has 9 heavy (non-hydrogen) atoms. The molecule has 0 unspecified atom stereocenters. The van der Waals surface area contributed by atoms with Gasteiger partial charge in [-0.2, -0.15) is 0 Å². The Morgan fingerprint density at radius 1 is 1.78 bits per heavy atom. The van der Waals surface area contributed by atoms with Crippen LogP contribution in [0, 0.1) is 3.57 Å². The van der Waals surface area contributed by atoms with Crippen LogP contribution in [-0.4, -0.2) is 4.98 Å². The fourth-order valence-corrected chi connectivity index (χ4v) is 1.14. The molecule has 1 aromatic rings. The van der Waals surface area contributed by atoms with Crippen molar-refractivity contribution in [2.24, 2.45) is 5.73 Å². The molecule has 50 valence electrons. The van der Waals surface area contributed by atoms with Gasteiger partial charge in [-0.25, -0.2) is 0 Å². The van der Waals surface area contributed by atoms with Gasteiger partial charge >= 0.3 is 0 Å². The third-order valence-electron chi connectivity index (χ3n) is 1.16. The number of nitrogens with one attached hydrogen (secondary N) is 1. The van der Waals surface area contributed by atoms with E-state index < -0.39 is 0 Å². The molecular formula is C6H9IN2. The largest absolute Gasteiger partial charge is 0.363 e. The highest BCUT2D eigenvalue weighted by Gasteiger charge is 1.99. The molecule has 0 fully saturated rings. The molecule has 0 amide bonds. The summed E-state index contributed by atoms with van der Waals surface area (Å²) in [7, 11) is 0. The van der Waals surface area contributed by atoms with Gasteiger partial charge in [-0.3, -0.25) is 0 Å². The minimum atomic E-state index is 0.119. The normalized spacial score (nSPS) is 13.7. The van der Waals surface area contributed by atoms with Crippen molar-refractivity contribution in [1.29, 1.82) is 0 Å². The highest BCUT2D eigenvalue weighted by Crippen LogP contribution is 2.10. The zero-order valence-electron chi connectivity index (χ0n) is 5.19. The Balaban J connectivity index is 2.85. The Kier molecular flexibility index (Phi) is 2.13. The van der Waals surface area contributed by atoms with E-state index in [-0.39, 0.29) is 6.04 Å². The van der Waals surface area contributed by atoms with Gasteiger partial charge < -0.3 is 10.7 Å². The molecule has 0 saturated carbocycles. The van der Waals surface area contributed by atoms with Crippen molar-refractivity contribution >= 4 is 22.6 Å². The van der Waals surface area contributed by atoms with E-state index in [1.54, 1.807) is 0 Å². The lowest BCUT2D eigenvalue weighted by molar-refractivity contribution is 0.789. The summed E-state index contributed by atoms with van der Waals surface area (Å²) in [6.07, 6.45) is 1.94. The van der Waals surface area contributed by atoms with Gasteiger partial charge in [0.05, 0.1) is 0 Å². The van der Waals surface area contributed by atoms with Crippen molar-refractivity contribution in [1.82, 2.24) is 4.98 Å². The van der Waals surface area contributed by atoms with Gasteiger partial charge in [0.15, 0.2) is 0 Å². The van der Waals surface area contributed by atoms with E-state index >= 15 is 0 Å². The lowest BCUT2D eigenvalue weighted by Crippen LogP contribution is -2.04. The van der Waals surface area contributed by atoms with Crippen molar-refractivity contribution in [3.63, 3.8) is 0 Å². The molecule has 1 atom stereocenters. The van der Waals surface area contributed by atoms with Crippen LogP contribution in [0.5, 0.6) is 0 Å². The van der Waals surface area contributed by atoms with E-state index in [0.717, 1.165) is 5.69 Å². The second-order valence-corrected chi connectivity index (χ2v) is 3.31. The Morgan fingerprint density at radius 3 is 2.67 bits per heavy atom. The van der Waals surface area contributed by atoms with E-state index in [2.05, 4.69) is 27.6 Å². The second kappa shape index (κ2) is 2.70. The Hall–Kier alpha value is -0.0300. The monoisotopic (exact) mass is 236 g/mol. The summed E-state index contributed by atoms with van der Waals surface area (Å²) in [6, 6.07) is 2.17. The van der Waals surface area contributed by atoms with Gasteiger partial charge in [-0.1, -0.05) is 0 Å². The van der Waals surface area contributed by atoms with E-state index in [4.69, 9.17) is 5.73 Å². The molecule has 0 aliphatic heterocycles. The molecule has 0 spiro atoms. The summed E-state index contributed by atoms with van der Waals surface area (Å²) in [5.74, 6) is 0. The van der Waals surface area contributed by atoms with E-state index in [0.29, 0.717) is 0 Å². The predicted molar refractivity (Wildman–Crippen MR) is 46.1 cm³/mol. The first kappa shape index (κ1) is 7.08. The van der Waals surface area contributed by atoms with Gasteiger partial charge in [0.25, 0.3) is 0 Å². The highest BCUT2D eigenvalue weighted by molar-refractivity contribution is 14.1. The fraction of sp³-hybridized carbons (Fsp3) is 0.333. The van der Waals surface area contributed by atoms with Gasteiger partial charge in [0.1, 0.15) is 0 Å². The molecule has 0 aliphatic rings. The highest BCUT2D eigenvalue weighted by atomic mass is 127. The zero-order valence-corrected chi connectivity index (χ0v) is 7.34. The maximum Gasteiger partial charge on any atom is 0.0419 e. The van der Waals surface area contributed by atoms with E-state index in [9.17, 15) is 0 Å². The van der Waals surface area contributed by atoms with Crippen LogP contribution in [0.25, 0.3) is 0 Å². The van der Waals surface area contributed by atoms with Gasteiger partial charge in [0, 0.05) is 21.5 Å². The number of aromatic amines is 1. The number of halogens is 1. The Morgan fingerprint density at radius 2 is 2.44 bits per heavy atom. The van der Waals surface area contributed by atoms with Crippen molar-refractivity contribution < 1.29 is 0 Å². The molecule has 3 heteroatoms. The SMILES string of the molecule is C[C@@H](N)c1cc(I)c[nH]1. The number of hydrogen-bond acceptors (Lipinski definition) is 1. The van der Waals surface area contributed by atoms with Crippen molar-refractivity contribution in [3.05, 3.63) is 21.5 Å². The van der Waals surface area contributed by atoms with Gasteiger partial charge in [-0.05, 0) is 35.6 Å². The summed E-state index contributed by atoms with van der Waals surface area (Å²) < 4.78 is 1.21. The van der Waals surface area contributed by atoms with E-state index in [1.165, 1.54) is 3.57 Å². The first-order valence-corrected chi connectivity index (χ1v) is 3.87. The second-order valence-electron chi connectivity index (χ2n) is 2.06. The number of nitrogens with two attached hydrogens (primary N) is 1. The summed E-state index contributed by atoms with van der Waals surface area (Å²) in [5, 5.41) is 0. The standard InChI is InChI=1S/C6H9IN2/c1-4(8)6-2-5(7)3-9-6/h2-4,9H,8H2,1H3/t4-/m1/s1. The maximum absolute atomic E-state index is 5.59. The summed E-state index contributed by atoms with van der Waals surface area (Å²) >= 11 is 2.25. The van der Waals surface area contributed by atoms with Gasteiger partial charge in [-0.15, -0.1) is 0 Å². The number of H-pyrrole nitrogens is 1.